The molecule has 28 heavy (non-hydrogen) atoms. The molecule has 5 heteroatoms. The lowest BCUT2D eigenvalue weighted by atomic mass is 9.94. The summed E-state index contributed by atoms with van der Waals surface area (Å²) in [5.41, 5.74) is 1.14. The maximum Gasteiger partial charge on any atom is 0.309 e. The second-order valence-corrected chi connectivity index (χ2v) is 7.31. The Morgan fingerprint density at radius 3 is 2.64 bits per heavy atom. The first-order valence-electron chi connectivity index (χ1n) is 10.8. The fraction of sp³-hybridized carbons (Fsp3) is 0.696. The third-order valence-corrected chi connectivity index (χ3v) is 4.93. The van der Waals surface area contributed by atoms with E-state index in [4.69, 9.17) is 18.9 Å². The van der Waals surface area contributed by atoms with E-state index in [2.05, 4.69) is 6.92 Å². The van der Waals surface area contributed by atoms with E-state index in [0.717, 1.165) is 56.4 Å². The van der Waals surface area contributed by atoms with Gasteiger partial charge < -0.3 is 18.9 Å². The van der Waals surface area contributed by atoms with Crippen molar-refractivity contribution in [2.24, 2.45) is 5.92 Å². The van der Waals surface area contributed by atoms with Gasteiger partial charge >= 0.3 is 5.97 Å². The lowest BCUT2D eigenvalue weighted by molar-refractivity contribution is -0.163. The predicted octanol–water partition coefficient (Wildman–Crippen LogP) is 4.91. The van der Waals surface area contributed by atoms with Gasteiger partial charge in [0.1, 0.15) is 5.75 Å². The summed E-state index contributed by atoms with van der Waals surface area (Å²) < 4.78 is 22.3. The van der Waals surface area contributed by atoms with Gasteiger partial charge in [0.15, 0.2) is 6.29 Å². The summed E-state index contributed by atoms with van der Waals surface area (Å²) in [5, 5.41) is 0. The van der Waals surface area contributed by atoms with Gasteiger partial charge in [-0.1, -0.05) is 31.9 Å². The standard InChI is InChI=1S/C23H36O5/c1-3-5-9-20(23(24)25-4-2)18-19-11-13-21(14-12-19)26-16-8-17-28-22-10-6-7-15-27-22/h11-14,20,22H,3-10,15-18H2,1-2H3. The lowest BCUT2D eigenvalue weighted by Crippen LogP contribution is -2.23. The average Bonchev–Trinajstić information content (AvgIpc) is 2.73. The van der Waals surface area contributed by atoms with Crippen molar-refractivity contribution in [3.63, 3.8) is 0 Å². The molecule has 2 atom stereocenters. The molecule has 0 aliphatic carbocycles. The molecule has 0 bridgehead atoms. The highest BCUT2D eigenvalue weighted by molar-refractivity contribution is 5.72. The monoisotopic (exact) mass is 392 g/mol. The summed E-state index contributed by atoms with van der Waals surface area (Å²) in [6, 6.07) is 8.03. The van der Waals surface area contributed by atoms with E-state index in [1.165, 1.54) is 6.42 Å². The molecule has 1 aliphatic heterocycles. The number of rotatable bonds is 13. The minimum absolute atomic E-state index is 0.0342. The Morgan fingerprint density at radius 2 is 1.96 bits per heavy atom. The van der Waals surface area contributed by atoms with E-state index in [0.29, 0.717) is 26.2 Å². The van der Waals surface area contributed by atoms with Gasteiger partial charge in [0.2, 0.25) is 0 Å². The Morgan fingerprint density at radius 1 is 1.14 bits per heavy atom. The van der Waals surface area contributed by atoms with Crippen LogP contribution in [0.3, 0.4) is 0 Å². The van der Waals surface area contributed by atoms with E-state index in [9.17, 15) is 4.79 Å². The molecule has 1 heterocycles. The lowest BCUT2D eigenvalue weighted by Gasteiger charge is -2.22. The topological polar surface area (TPSA) is 54.0 Å². The number of ether oxygens (including phenoxy) is 4. The zero-order valence-corrected chi connectivity index (χ0v) is 17.5. The molecule has 1 fully saturated rings. The highest BCUT2D eigenvalue weighted by Crippen LogP contribution is 2.20. The van der Waals surface area contributed by atoms with Crippen LogP contribution in [-0.4, -0.2) is 38.7 Å². The Labute approximate surface area is 169 Å². The minimum Gasteiger partial charge on any atom is -0.494 e. The molecule has 1 aromatic carbocycles. The minimum atomic E-state index is -0.0850. The van der Waals surface area contributed by atoms with Crippen LogP contribution in [-0.2, 0) is 25.4 Å². The van der Waals surface area contributed by atoms with E-state index in [1.54, 1.807) is 0 Å². The first kappa shape index (κ1) is 22.7. The van der Waals surface area contributed by atoms with Crippen molar-refractivity contribution in [2.45, 2.75) is 71.5 Å². The van der Waals surface area contributed by atoms with Gasteiger partial charge in [0, 0.05) is 13.0 Å². The molecule has 0 amide bonds. The molecule has 0 aromatic heterocycles. The van der Waals surface area contributed by atoms with Gasteiger partial charge in [-0.25, -0.2) is 0 Å². The summed E-state index contributed by atoms with van der Waals surface area (Å²) in [5.74, 6) is 0.697. The molecule has 0 saturated carbocycles. The van der Waals surface area contributed by atoms with Gasteiger partial charge in [-0.05, 0) is 56.7 Å². The molecule has 2 rings (SSSR count). The van der Waals surface area contributed by atoms with Crippen molar-refractivity contribution in [3.8, 4) is 5.75 Å². The maximum atomic E-state index is 12.2. The fourth-order valence-corrected chi connectivity index (χ4v) is 3.33. The Kier molecular flexibility index (Phi) is 11.0. The van der Waals surface area contributed by atoms with Crippen molar-refractivity contribution >= 4 is 5.97 Å². The van der Waals surface area contributed by atoms with Crippen LogP contribution in [0.1, 0.15) is 64.4 Å². The number of hydrogen-bond acceptors (Lipinski definition) is 5. The number of unbranched alkanes of at least 4 members (excludes halogenated alkanes) is 1. The van der Waals surface area contributed by atoms with Gasteiger partial charge in [-0.2, -0.15) is 0 Å². The van der Waals surface area contributed by atoms with Crippen molar-refractivity contribution in [2.75, 3.05) is 26.4 Å². The number of carbonyl (C=O) groups excluding carboxylic acids is 1. The van der Waals surface area contributed by atoms with Gasteiger partial charge in [-0.3, -0.25) is 4.79 Å². The first-order valence-corrected chi connectivity index (χ1v) is 10.8. The van der Waals surface area contributed by atoms with Crippen LogP contribution in [0.5, 0.6) is 5.75 Å². The van der Waals surface area contributed by atoms with Crippen LogP contribution in [0.25, 0.3) is 0 Å². The molecular weight excluding hydrogens is 356 g/mol. The largest absolute Gasteiger partial charge is 0.494 e. The second kappa shape index (κ2) is 13.6. The van der Waals surface area contributed by atoms with Crippen LogP contribution in [0.4, 0.5) is 0 Å². The molecule has 158 valence electrons. The third kappa shape index (κ3) is 8.61. The van der Waals surface area contributed by atoms with Crippen molar-refractivity contribution in [1.82, 2.24) is 0 Å². The zero-order chi connectivity index (χ0) is 20.0. The summed E-state index contributed by atoms with van der Waals surface area (Å²) in [6.07, 6.45) is 7.83. The van der Waals surface area contributed by atoms with Crippen LogP contribution in [0.2, 0.25) is 0 Å². The average molecular weight is 393 g/mol. The number of benzene rings is 1. The smallest absolute Gasteiger partial charge is 0.309 e. The van der Waals surface area contributed by atoms with Crippen molar-refractivity contribution in [3.05, 3.63) is 29.8 Å². The molecule has 1 aromatic rings. The fourth-order valence-electron chi connectivity index (χ4n) is 3.33. The SMILES string of the molecule is CCCCC(Cc1ccc(OCCCOC2CCCCO2)cc1)C(=O)OCC. The number of carbonyl (C=O) groups is 1. The molecule has 5 nitrogen and oxygen atoms in total. The third-order valence-electron chi connectivity index (χ3n) is 4.93. The van der Waals surface area contributed by atoms with Crippen molar-refractivity contribution in [1.29, 1.82) is 0 Å². The summed E-state index contributed by atoms with van der Waals surface area (Å²) in [6.45, 7) is 6.51. The molecule has 0 spiro atoms. The van der Waals surface area contributed by atoms with Gasteiger partial charge in [0.05, 0.1) is 25.7 Å². The first-order chi connectivity index (χ1) is 13.7. The van der Waals surface area contributed by atoms with Gasteiger partial charge in [0.25, 0.3) is 0 Å². The van der Waals surface area contributed by atoms with E-state index in [1.807, 2.05) is 31.2 Å². The van der Waals surface area contributed by atoms with E-state index < -0.39 is 0 Å². The molecule has 1 saturated heterocycles. The normalized spacial score (nSPS) is 17.9. The van der Waals surface area contributed by atoms with Crippen LogP contribution >= 0.6 is 0 Å². The van der Waals surface area contributed by atoms with E-state index in [-0.39, 0.29) is 18.2 Å². The van der Waals surface area contributed by atoms with Crippen LogP contribution < -0.4 is 4.74 Å². The Hall–Kier alpha value is -1.59. The zero-order valence-electron chi connectivity index (χ0n) is 17.5. The maximum absolute atomic E-state index is 12.2. The number of hydrogen-bond donors (Lipinski definition) is 0. The van der Waals surface area contributed by atoms with Crippen LogP contribution in [0, 0.1) is 5.92 Å². The molecule has 1 aliphatic rings. The summed E-state index contributed by atoms with van der Waals surface area (Å²) in [7, 11) is 0. The predicted molar refractivity (Wildman–Crippen MR) is 109 cm³/mol. The molecule has 2 unspecified atom stereocenters. The quantitative estimate of drug-likeness (QED) is 0.353. The second-order valence-electron chi connectivity index (χ2n) is 7.31. The van der Waals surface area contributed by atoms with Crippen LogP contribution in [0.15, 0.2) is 24.3 Å². The van der Waals surface area contributed by atoms with Crippen molar-refractivity contribution < 1.29 is 23.7 Å². The Bertz CT molecular complexity index is 536. The van der Waals surface area contributed by atoms with E-state index >= 15 is 0 Å². The van der Waals surface area contributed by atoms with Gasteiger partial charge in [-0.15, -0.1) is 0 Å². The molecule has 0 N–H and O–H groups in total. The highest BCUT2D eigenvalue weighted by Gasteiger charge is 2.19. The highest BCUT2D eigenvalue weighted by atomic mass is 16.7. The summed E-state index contributed by atoms with van der Waals surface area (Å²) >= 11 is 0. The molecule has 0 radical (unpaired) electrons. The summed E-state index contributed by atoms with van der Waals surface area (Å²) in [4.78, 5) is 12.2. The molecular formula is C23H36O5. The number of esters is 1. The Balaban J connectivity index is 1.69.